The largest absolute Gasteiger partial charge is 0.492 e. The lowest BCUT2D eigenvalue weighted by Gasteiger charge is -2.23. The van der Waals surface area contributed by atoms with Crippen molar-refractivity contribution in [3.05, 3.63) is 60.3 Å². The van der Waals surface area contributed by atoms with Crippen LogP contribution >= 0.6 is 0 Å². The number of aromatic nitrogens is 2. The summed E-state index contributed by atoms with van der Waals surface area (Å²) in [5.41, 5.74) is 0.0423. The van der Waals surface area contributed by atoms with E-state index in [0.29, 0.717) is 23.7 Å². The van der Waals surface area contributed by atoms with E-state index in [1.165, 1.54) is 19.3 Å². The number of nitrogens with zero attached hydrogens (tertiary/aromatic N) is 2. The van der Waals surface area contributed by atoms with Crippen molar-refractivity contribution >= 4 is 23.1 Å². The maximum Gasteiger partial charge on any atom is 0.421 e. The van der Waals surface area contributed by atoms with E-state index >= 15 is 0 Å². The Morgan fingerprint density at radius 1 is 0.971 bits per heavy atom. The first kappa shape index (κ1) is 23.7. The highest BCUT2D eigenvalue weighted by atomic mass is 19.4. The molecule has 0 bridgehead atoms. The van der Waals surface area contributed by atoms with Gasteiger partial charge >= 0.3 is 6.18 Å². The quantitative estimate of drug-likeness (QED) is 0.365. The van der Waals surface area contributed by atoms with Gasteiger partial charge in [-0.05, 0) is 69.0 Å². The fourth-order valence-electron chi connectivity index (χ4n) is 3.84. The molecule has 1 aliphatic rings. The summed E-state index contributed by atoms with van der Waals surface area (Å²) in [5, 5.41) is 5.72. The molecule has 1 fully saturated rings. The summed E-state index contributed by atoms with van der Waals surface area (Å²) >= 11 is 0. The molecule has 0 unspecified atom stereocenters. The maximum absolute atomic E-state index is 13.6. The van der Waals surface area contributed by atoms with Crippen LogP contribution in [-0.2, 0) is 6.18 Å². The molecule has 3 aromatic rings. The molecule has 9 heteroatoms. The molecule has 0 radical (unpaired) electrons. The van der Waals surface area contributed by atoms with E-state index in [1.807, 2.05) is 12.1 Å². The Kier molecular flexibility index (Phi) is 7.40. The molecule has 0 spiro atoms. The van der Waals surface area contributed by atoms with Crippen LogP contribution in [0.5, 0.6) is 11.5 Å². The number of ether oxygens (including phenoxy) is 2. The fourth-order valence-corrected chi connectivity index (χ4v) is 3.84. The zero-order chi connectivity index (χ0) is 24.0. The van der Waals surface area contributed by atoms with E-state index < -0.39 is 11.7 Å². The molecule has 2 aromatic carbocycles. The number of anilines is 4. The van der Waals surface area contributed by atoms with E-state index in [1.54, 1.807) is 43.3 Å². The monoisotopic (exact) mass is 472 g/mol. The van der Waals surface area contributed by atoms with Gasteiger partial charge in [0.2, 0.25) is 5.95 Å². The van der Waals surface area contributed by atoms with Gasteiger partial charge in [0.15, 0.2) is 0 Å². The summed E-state index contributed by atoms with van der Waals surface area (Å²) in [4.78, 5) is 7.98. The van der Waals surface area contributed by atoms with Crippen LogP contribution in [0, 0.1) is 0 Å². The van der Waals surface area contributed by atoms with Crippen molar-refractivity contribution < 1.29 is 22.6 Å². The van der Waals surface area contributed by atoms with Crippen molar-refractivity contribution in [3.63, 3.8) is 0 Å². The van der Waals surface area contributed by atoms with E-state index in [4.69, 9.17) is 9.47 Å². The van der Waals surface area contributed by atoms with Crippen molar-refractivity contribution in [2.75, 3.05) is 17.2 Å². The number of nitrogens with one attached hydrogen (secondary N) is 2. The molecule has 1 aliphatic carbocycles. The minimum absolute atomic E-state index is 0.0327. The van der Waals surface area contributed by atoms with Gasteiger partial charge < -0.3 is 20.1 Å². The number of alkyl halides is 3. The van der Waals surface area contributed by atoms with Gasteiger partial charge in [-0.15, -0.1) is 0 Å². The highest BCUT2D eigenvalue weighted by molar-refractivity contribution is 5.67. The number of rotatable bonds is 8. The third kappa shape index (κ3) is 6.09. The van der Waals surface area contributed by atoms with Gasteiger partial charge in [-0.3, -0.25) is 0 Å². The Hall–Kier alpha value is -3.49. The first-order chi connectivity index (χ1) is 16.4. The molecule has 34 heavy (non-hydrogen) atoms. The van der Waals surface area contributed by atoms with Gasteiger partial charge in [-0.1, -0.05) is 18.6 Å². The zero-order valence-corrected chi connectivity index (χ0v) is 18.9. The molecule has 4 rings (SSSR count). The fraction of sp³-hybridized carbons (Fsp3) is 0.360. The lowest BCUT2D eigenvalue weighted by Crippen LogP contribution is -2.19. The Bertz CT molecular complexity index is 1080. The number of benzene rings is 2. The van der Waals surface area contributed by atoms with Crippen LogP contribution in [0.2, 0.25) is 0 Å². The van der Waals surface area contributed by atoms with E-state index in [2.05, 4.69) is 20.6 Å². The molecule has 2 N–H and O–H groups in total. The lowest BCUT2D eigenvalue weighted by molar-refractivity contribution is -0.137. The molecule has 180 valence electrons. The van der Waals surface area contributed by atoms with Crippen LogP contribution in [0.15, 0.2) is 54.7 Å². The predicted molar refractivity (Wildman–Crippen MR) is 125 cm³/mol. The van der Waals surface area contributed by atoms with Crippen molar-refractivity contribution in [2.45, 2.75) is 51.3 Å². The van der Waals surface area contributed by atoms with Crippen molar-refractivity contribution in [3.8, 4) is 11.5 Å². The maximum atomic E-state index is 13.6. The average molecular weight is 473 g/mol. The van der Waals surface area contributed by atoms with Gasteiger partial charge in [0.05, 0.1) is 18.4 Å². The zero-order valence-electron chi connectivity index (χ0n) is 18.9. The van der Waals surface area contributed by atoms with Gasteiger partial charge in [-0.2, -0.15) is 18.2 Å². The molecular weight excluding hydrogens is 445 g/mol. The predicted octanol–water partition coefficient (Wildman–Crippen LogP) is 7.09. The summed E-state index contributed by atoms with van der Waals surface area (Å²) in [6.45, 7) is 2.18. The standard InChI is InChI=1S/C25H27F3N4O2/c1-2-33-22-11-7-6-10-21(22)31-23-20(25(26,27)28)16-29-24(32-23)30-17-12-14-19(15-13-17)34-18-8-4-3-5-9-18/h6-7,10-16,18H,2-5,8-9H2,1H3,(H2,29,30,31,32). The Balaban J connectivity index is 1.52. The summed E-state index contributed by atoms with van der Waals surface area (Å²) in [6, 6.07) is 14.0. The summed E-state index contributed by atoms with van der Waals surface area (Å²) in [6.07, 6.45) is 2.11. The lowest BCUT2D eigenvalue weighted by atomic mass is 9.98. The molecule has 6 nitrogen and oxygen atoms in total. The number of hydrogen-bond acceptors (Lipinski definition) is 6. The molecular formula is C25H27F3N4O2. The average Bonchev–Trinajstić information content (AvgIpc) is 2.82. The number of para-hydroxylation sites is 2. The second-order valence-corrected chi connectivity index (χ2v) is 8.04. The van der Waals surface area contributed by atoms with Gasteiger partial charge in [0.1, 0.15) is 22.9 Å². The molecule has 1 aromatic heterocycles. The Morgan fingerprint density at radius 3 is 2.41 bits per heavy atom. The number of hydrogen-bond donors (Lipinski definition) is 2. The van der Waals surface area contributed by atoms with Gasteiger partial charge in [0, 0.05) is 11.9 Å². The smallest absolute Gasteiger partial charge is 0.421 e. The topological polar surface area (TPSA) is 68.3 Å². The van der Waals surface area contributed by atoms with Crippen molar-refractivity contribution in [1.82, 2.24) is 9.97 Å². The second kappa shape index (κ2) is 10.6. The molecule has 1 heterocycles. The molecule has 0 saturated heterocycles. The van der Waals surface area contributed by atoms with Crippen LogP contribution in [0.1, 0.15) is 44.6 Å². The highest BCUT2D eigenvalue weighted by Gasteiger charge is 2.35. The van der Waals surface area contributed by atoms with E-state index in [9.17, 15) is 13.2 Å². The van der Waals surface area contributed by atoms with Crippen LogP contribution in [-0.4, -0.2) is 22.7 Å². The SMILES string of the molecule is CCOc1ccccc1Nc1nc(Nc2ccc(OC3CCCCC3)cc2)ncc1C(F)(F)F. The van der Waals surface area contributed by atoms with E-state index in [-0.39, 0.29) is 17.9 Å². The van der Waals surface area contributed by atoms with Crippen LogP contribution < -0.4 is 20.1 Å². The summed E-state index contributed by atoms with van der Waals surface area (Å²) < 4.78 is 52.4. The Morgan fingerprint density at radius 2 is 1.71 bits per heavy atom. The molecule has 0 aliphatic heterocycles. The van der Waals surface area contributed by atoms with Crippen molar-refractivity contribution in [1.29, 1.82) is 0 Å². The minimum atomic E-state index is -4.63. The molecule has 1 saturated carbocycles. The first-order valence-electron chi connectivity index (χ1n) is 11.4. The third-order valence-electron chi connectivity index (χ3n) is 5.50. The normalized spacial score (nSPS) is 14.5. The second-order valence-electron chi connectivity index (χ2n) is 8.04. The molecule has 0 amide bonds. The molecule has 0 atom stereocenters. The first-order valence-corrected chi connectivity index (χ1v) is 11.4. The number of halogens is 3. The van der Waals surface area contributed by atoms with Crippen LogP contribution in [0.25, 0.3) is 0 Å². The van der Waals surface area contributed by atoms with Gasteiger partial charge in [0.25, 0.3) is 0 Å². The minimum Gasteiger partial charge on any atom is -0.492 e. The summed E-state index contributed by atoms with van der Waals surface area (Å²) in [7, 11) is 0. The van der Waals surface area contributed by atoms with Gasteiger partial charge in [-0.25, -0.2) is 4.98 Å². The summed E-state index contributed by atoms with van der Waals surface area (Å²) in [5.74, 6) is 0.861. The highest BCUT2D eigenvalue weighted by Crippen LogP contribution is 2.37. The van der Waals surface area contributed by atoms with Crippen LogP contribution in [0.4, 0.5) is 36.3 Å². The Labute approximate surface area is 196 Å². The third-order valence-corrected chi connectivity index (χ3v) is 5.50. The van der Waals surface area contributed by atoms with Crippen molar-refractivity contribution in [2.24, 2.45) is 0 Å². The van der Waals surface area contributed by atoms with E-state index in [0.717, 1.165) is 24.8 Å². The van der Waals surface area contributed by atoms with Crippen LogP contribution in [0.3, 0.4) is 0 Å².